The lowest BCUT2D eigenvalue weighted by Gasteiger charge is -2.21. The number of rotatable bonds is 5. The van der Waals surface area contributed by atoms with Crippen LogP contribution in [0.15, 0.2) is 42.5 Å². The van der Waals surface area contributed by atoms with Gasteiger partial charge in [-0.05, 0) is 56.7 Å². The van der Waals surface area contributed by atoms with Crippen LogP contribution in [0.3, 0.4) is 0 Å². The Balaban J connectivity index is 2.23. The van der Waals surface area contributed by atoms with Gasteiger partial charge in [0.25, 0.3) is 0 Å². The van der Waals surface area contributed by atoms with E-state index in [0.29, 0.717) is 11.3 Å². The number of methoxy groups -OCH3 is 1. The molecule has 0 bridgehead atoms. The van der Waals surface area contributed by atoms with Crippen molar-refractivity contribution in [1.82, 2.24) is 0 Å². The lowest BCUT2D eigenvalue weighted by atomic mass is 10.1. The number of benzene rings is 2. The van der Waals surface area contributed by atoms with E-state index in [1.54, 1.807) is 45.0 Å². The predicted molar refractivity (Wildman–Crippen MR) is 107 cm³/mol. The lowest BCUT2D eigenvalue weighted by molar-refractivity contribution is -0.137. The van der Waals surface area contributed by atoms with Crippen molar-refractivity contribution in [3.05, 3.63) is 53.6 Å². The average molecular weight is 424 g/mol. The summed E-state index contributed by atoms with van der Waals surface area (Å²) in [6, 6.07) is 9.32. The van der Waals surface area contributed by atoms with Crippen molar-refractivity contribution in [2.45, 2.75) is 39.0 Å². The van der Waals surface area contributed by atoms with Crippen molar-refractivity contribution < 1.29 is 32.2 Å². The first-order valence-corrected chi connectivity index (χ1v) is 9.01. The van der Waals surface area contributed by atoms with Crippen molar-refractivity contribution in [3.63, 3.8) is 0 Å². The molecule has 9 heteroatoms. The van der Waals surface area contributed by atoms with Gasteiger partial charge in [-0.1, -0.05) is 12.1 Å². The molecule has 0 saturated carbocycles. The largest absolute Gasteiger partial charge is 0.497 e. The number of hydrogen-bond acceptors (Lipinski definition) is 4. The van der Waals surface area contributed by atoms with Crippen molar-refractivity contribution in [2.75, 3.05) is 17.7 Å². The number of carbonyl (C=O) groups is 2. The average Bonchev–Trinajstić information content (AvgIpc) is 2.61. The Kier molecular flexibility index (Phi) is 6.96. The molecule has 0 aliphatic heterocycles. The molecule has 0 radical (unpaired) electrons. The van der Waals surface area contributed by atoms with Gasteiger partial charge in [-0.25, -0.2) is 4.79 Å². The second-order valence-electron chi connectivity index (χ2n) is 7.46. The Bertz CT molecular complexity index is 904. The number of ether oxygens (including phenoxy) is 2. The van der Waals surface area contributed by atoms with E-state index in [4.69, 9.17) is 9.47 Å². The van der Waals surface area contributed by atoms with Gasteiger partial charge >= 0.3 is 12.3 Å². The van der Waals surface area contributed by atoms with Crippen molar-refractivity contribution in [1.29, 1.82) is 0 Å². The van der Waals surface area contributed by atoms with Crippen LogP contribution in [0.25, 0.3) is 0 Å². The highest BCUT2D eigenvalue weighted by Gasteiger charge is 2.31. The Morgan fingerprint density at radius 2 is 1.57 bits per heavy atom. The number of anilines is 2. The summed E-state index contributed by atoms with van der Waals surface area (Å²) in [7, 11) is 1.51. The minimum atomic E-state index is -4.61. The molecule has 162 valence electrons. The number of amides is 2. The maximum atomic E-state index is 13.1. The summed E-state index contributed by atoms with van der Waals surface area (Å²) >= 11 is 0. The van der Waals surface area contributed by atoms with E-state index >= 15 is 0 Å². The number of alkyl halides is 3. The van der Waals surface area contributed by atoms with E-state index in [2.05, 4.69) is 10.6 Å². The van der Waals surface area contributed by atoms with E-state index in [1.807, 2.05) is 0 Å². The summed E-state index contributed by atoms with van der Waals surface area (Å²) in [5.41, 5.74) is -1.32. The third-order valence-electron chi connectivity index (χ3n) is 3.78. The highest BCUT2D eigenvalue weighted by atomic mass is 19.4. The first kappa shape index (κ1) is 23.1. The fraction of sp³-hybridized carbons (Fsp3) is 0.333. The monoisotopic (exact) mass is 424 g/mol. The summed E-state index contributed by atoms with van der Waals surface area (Å²) in [6.45, 7) is 4.95. The van der Waals surface area contributed by atoms with Crippen LogP contribution in [0, 0.1) is 0 Å². The van der Waals surface area contributed by atoms with Gasteiger partial charge in [-0.15, -0.1) is 0 Å². The first-order chi connectivity index (χ1) is 13.9. The third kappa shape index (κ3) is 6.98. The SMILES string of the molecule is COc1ccc(CC(=O)Nc2cc(C(F)(F)F)ccc2NC(=O)OC(C)(C)C)cc1. The molecule has 0 unspecified atom stereocenters. The van der Waals surface area contributed by atoms with Crippen LogP contribution in [0.4, 0.5) is 29.3 Å². The predicted octanol–water partition coefficient (Wildman–Crippen LogP) is 5.24. The molecule has 0 aliphatic carbocycles. The highest BCUT2D eigenvalue weighted by molar-refractivity contribution is 5.98. The minimum Gasteiger partial charge on any atom is -0.497 e. The van der Waals surface area contributed by atoms with Crippen molar-refractivity contribution in [3.8, 4) is 5.75 Å². The maximum Gasteiger partial charge on any atom is 0.416 e. The Hall–Kier alpha value is -3.23. The molecule has 0 aliphatic rings. The van der Waals surface area contributed by atoms with Crippen molar-refractivity contribution >= 4 is 23.4 Å². The minimum absolute atomic E-state index is 0.0136. The van der Waals surface area contributed by atoms with Gasteiger partial charge < -0.3 is 14.8 Å². The van der Waals surface area contributed by atoms with Crippen LogP contribution in [-0.4, -0.2) is 24.7 Å². The summed E-state index contributed by atoms with van der Waals surface area (Å²) in [5, 5.41) is 4.80. The Morgan fingerprint density at radius 1 is 0.933 bits per heavy atom. The molecule has 2 aromatic rings. The van der Waals surface area contributed by atoms with Gasteiger partial charge in [0.2, 0.25) is 5.91 Å². The van der Waals surface area contributed by atoms with Gasteiger partial charge in [0.05, 0.1) is 30.5 Å². The smallest absolute Gasteiger partial charge is 0.416 e. The lowest BCUT2D eigenvalue weighted by Crippen LogP contribution is -2.27. The highest BCUT2D eigenvalue weighted by Crippen LogP contribution is 2.34. The van der Waals surface area contributed by atoms with Crippen LogP contribution in [0.1, 0.15) is 31.9 Å². The Labute approximate surface area is 172 Å². The third-order valence-corrected chi connectivity index (χ3v) is 3.78. The second-order valence-corrected chi connectivity index (χ2v) is 7.46. The molecule has 6 nitrogen and oxygen atoms in total. The first-order valence-electron chi connectivity index (χ1n) is 9.01. The van der Waals surface area contributed by atoms with E-state index in [1.165, 1.54) is 7.11 Å². The van der Waals surface area contributed by atoms with Gasteiger partial charge in [0, 0.05) is 0 Å². The summed E-state index contributed by atoms with van der Waals surface area (Å²) in [6.07, 6.45) is -5.54. The van der Waals surface area contributed by atoms with Crippen LogP contribution in [-0.2, 0) is 22.1 Å². The molecule has 2 N–H and O–H groups in total. The molecule has 0 heterocycles. The Morgan fingerprint density at radius 3 is 2.10 bits per heavy atom. The molecule has 2 aromatic carbocycles. The molecule has 0 atom stereocenters. The van der Waals surface area contributed by atoms with Crippen LogP contribution < -0.4 is 15.4 Å². The fourth-order valence-electron chi connectivity index (χ4n) is 2.47. The fourth-order valence-corrected chi connectivity index (χ4v) is 2.47. The molecule has 0 spiro atoms. The zero-order chi connectivity index (χ0) is 22.5. The molecule has 30 heavy (non-hydrogen) atoms. The summed E-state index contributed by atoms with van der Waals surface area (Å²) in [5.74, 6) is 0.0626. The topological polar surface area (TPSA) is 76.7 Å². The standard InChI is InChI=1S/C21H23F3N2O4/c1-20(2,3)30-19(28)26-16-10-7-14(21(22,23)24)12-17(16)25-18(27)11-13-5-8-15(29-4)9-6-13/h5-10,12H,11H2,1-4H3,(H,25,27)(H,26,28). The quantitative estimate of drug-likeness (QED) is 0.688. The van der Waals surface area contributed by atoms with Crippen LogP contribution >= 0.6 is 0 Å². The number of carbonyl (C=O) groups excluding carboxylic acids is 2. The molecule has 0 saturated heterocycles. The molecular weight excluding hydrogens is 401 g/mol. The van der Waals surface area contributed by atoms with Gasteiger partial charge in [-0.3, -0.25) is 10.1 Å². The van der Waals surface area contributed by atoms with Gasteiger partial charge in [0.15, 0.2) is 0 Å². The van der Waals surface area contributed by atoms with E-state index in [0.717, 1.165) is 18.2 Å². The van der Waals surface area contributed by atoms with Gasteiger partial charge in [0.1, 0.15) is 11.4 Å². The number of hydrogen-bond donors (Lipinski definition) is 2. The maximum absolute atomic E-state index is 13.1. The summed E-state index contributed by atoms with van der Waals surface area (Å²) < 4.78 is 49.5. The molecule has 0 aromatic heterocycles. The normalized spacial score (nSPS) is 11.6. The molecular formula is C21H23F3N2O4. The number of nitrogens with one attached hydrogen (secondary N) is 2. The van der Waals surface area contributed by atoms with Crippen LogP contribution in [0.5, 0.6) is 5.75 Å². The zero-order valence-electron chi connectivity index (χ0n) is 17.0. The summed E-state index contributed by atoms with van der Waals surface area (Å²) in [4.78, 5) is 24.4. The van der Waals surface area contributed by atoms with Gasteiger partial charge in [-0.2, -0.15) is 13.2 Å². The second kappa shape index (κ2) is 9.06. The van der Waals surface area contributed by atoms with E-state index < -0.39 is 29.3 Å². The zero-order valence-corrected chi connectivity index (χ0v) is 17.0. The van der Waals surface area contributed by atoms with Crippen LogP contribution in [0.2, 0.25) is 0 Å². The van der Waals surface area contributed by atoms with Crippen molar-refractivity contribution in [2.24, 2.45) is 0 Å². The molecule has 2 amide bonds. The van der Waals surface area contributed by atoms with E-state index in [-0.39, 0.29) is 17.8 Å². The molecule has 0 fully saturated rings. The molecule has 2 rings (SSSR count). The number of halogens is 3. The van der Waals surface area contributed by atoms with E-state index in [9.17, 15) is 22.8 Å².